The molecule has 1 atom stereocenters. The number of anilines is 2. The summed E-state index contributed by atoms with van der Waals surface area (Å²) in [4.78, 5) is 9.05. The first-order chi connectivity index (χ1) is 13.8. The number of aryl methyl sites for hydroxylation is 1. The highest BCUT2D eigenvalue weighted by Crippen LogP contribution is 2.26. The van der Waals surface area contributed by atoms with Gasteiger partial charge in [-0.2, -0.15) is 5.10 Å². The second-order valence-corrected chi connectivity index (χ2v) is 6.90. The van der Waals surface area contributed by atoms with Gasteiger partial charge in [0, 0.05) is 49.5 Å². The first-order valence-electron chi connectivity index (χ1n) is 9.32. The number of rotatable bonds is 5. The van der Waals surface area contributed by atoms with Gasteiger partial charge in [0.1, 0.15) is 11.9 Å². The molecule has 1 saturated heterocycles. The Morgan fingerprint density at radius 1 is 1.25 bits per heavy atom. The molecule has 0 aliphatic carbocycles. The molecule has 0 spiro atoms. The Morgan fingerprint density at radius 2 is 2.21 bits per heavy atom. The summed E-state index contributed by atoms with van der Waals surface area (Å²) in [5.74, 6) is 1.54. The number of hydrogen-bond acceptors (Lipinski definition) is 6. The van der Waals surface area contributed by atoms with Crippen molar-refractivity contribution in [2.45, 2.75) is 12.5 Å². The fourth-order valence-corrected chi connectivity index (χ4v) is 3.48. The molecule has 1 aliphatic rings. The molecule has 2 N–H and O–H groups in total. The molecule has 0 saturated carbocycles. The van der Waals surface area contributed by atoms with Crippen molar-refractivity contribution in [1.29, 1.82) is 0 Å². The molecule has 5 rings (SSSR count). The van der Waals surface area contributed by atoms with E-state index in [9.17, 15) is 0 Å². The topological polar surface area (TPSA) is 81.3 Å². The molecule has 1 fully saturated rings. The summed E-state index contributed by atoms with van der Waals surface area (Å²) in [7, 11) is 1.90. The van der Waals surface area contributed by atoms with E-state index in [0.29, 0.717) is 5.82 Å². The summed E-state index contributed by atoms with van der Waals surface area (Å²) >= 11 is 0. The van der Waals surface area contributed by atoms with Crippen LogP contribution >= 0.6 is 0 Å². The van der Waals surface area contributed by atoms with E-state index in [4.69, 9.17) is 4.74 Å². The van der Waals surface area contributed by atoms with Crippen LogP contribution in [0.1, 0.15) is 6.42 Å². The summed E-state index contributed by atoms with van der Waals surface area (Å²) in [6.45, 7) is 1.90. The second-order valence-electron chi connectivity index (χ2n) is 6.90. The zero-order valence-electron chi connectivity index (χ0n) is 15.5. The van der Waals surface area contributed by atoms with E-state index >= 15 is 0 Å². The Balaban J connectivity index is 1.43. The molecule has 0 radical (unpaired) electrons. The molecule has 4 heterocycles. The van der Waals surface area contributed by atoms with Crippen LogP contribution in [0.3, 0.4) is 0 Å². The lowest BCUT2D eigenvalue weighted by Gasteiger charge is -2.14. The fraction of sp³-hybridized carbons (Fsp3) is 0.250. The van der Waals surface area contributed by atoms with Gasteiger partial charge in [-0.25, -0.2) is 9.97 Å². The van der Waals surface area contributed by atoms with Crippen LogP contribution in [-0.4, -0.2) is 43.3 Å². The molecule has 3 aromatic heterocycles. The van der Waals surface area contributed by atoms with Gasteiger partial charge in [-0.05, 0) is 25.1 Å². The zero-order valence-corrected chi connectivity index (χ0v) is 15.5. The Bertz CT molecular complexity index is 1110. The maximum atomic E-state index is 6.05. The third-order valence-electron chi connectivity index (χ3n) is 4.84. The van der Waals surface area contributed by atoms with Crippen molar-refractivity contribution in [2.24, 2.45) is 7.05 Å². The van der Waals surface area contributed by atoms with E-state index in [1.165, 1.54) is 0 Å². The van der Waals surface area contributed by atoms with Crippen LogP contribution < -0.4 is 15.4 Å². The van der Waals surface area contributed by atoms with Crippen LogP contribution in [0.5, 0.6) is 5.75 Å². The molecular formula is C20H21N7O. The summed E-state index contributed by atoms with van der Waals surface area (Å²) < 4.78 is 9.84. The van der Waals surface area contributed by atoms with Crippen molar-refractivity contribution in [1.82, 2.24) is 29.5 Å². The lowest BCUT2D eigenvalue weighted by atomic mass is 10.2. The summed E-state index contributed by atoms with van der Waals surface area (Å²) in [6.07, 6.45) is 10.6. The molecule has 142 valence electrons. The highest BCUT2D eigenvalue weighted by atomic mass is 16.5. The van der Waals surface area contributed by atoms with Crippen molar-refractivity contribution in [3.8, 4) is 17.0 Å². The van der Waals surface area contributed by atoms with E-state index in [0.717, 1.165) is 47.9 Å². The van der Waals surface area contributed by atoms with E-state index in [1.807, 2.05) is 60.5 Å². The van der Waals surface area contributed by atoms with Gasteiger partial charge in [-0.15, -0.1) is 0 Å². The molecule has 4 aromatic rings. The molecule has 1 aliphatic heterocycles. The van der Waals surface area contributed by atoms with Crippen molar-refractivity contribution < 1.29 is 4.74 Å². The van der Waals surface area contributed by atoms with Crippen molar-refractivity contribution in [3.63, 3.8) is 0 Å². The van der Waals surface area contributed by atoms with Crippen LogP contribution in [0.4, 0.5) is 11.5 Å². The van der Waals surface area contributed by atoms with Crippen LogP contribution in [0.15, 0.2) is 55.2 Å². The monoisotopic (exact) mass is 375 g/mol. The minimum absolute atomic E-state index is 0.228. The predicted octanol–water partition coefficient (Wildman–Crippen LogP) is 2.61. The maximum absolute atomic E-state index is 6.05. The number of nitrogens with one attached hydrogen (secondary N) is 2. The number of ether oxygens (including phenoxy) is 1. The standard InChI is InChI=1S/C20H21N7O/c1-26-13-14(10-24-26)18-12-23-20-19(22-7-8-27(18)20)25-15-3-2-4-16(9-15)28-17-5-6-21-11-17/h2-4,7-10,12-13,17,21H,5-6,11H2,1H3,(H,22,25). The van der Waals surface area contributed by atoms with Gasteiger partial charge in [0.2, 0.25) is 0 Å². The van der Waals surface area contributed by atoms with Gasteiger partial charge in [0.05, 0.1) is 18.1 Å². The highest BCUT2D eigenvalue weighted by molar-refractivity contribution is 5.74. The number of benzene rings is 1. The normalized spacial score (nSPS) is 16.5. The molecule has 28 heavy (non-hydrogen) atoms. The summed E-state index contributed by atoms with van der Waals surface area (Å²) in [5.41, 5.74) is 3.65. The zero-order chi connectivity index (χ0) is 18.9. The molecule has 0 amide bonds. The SMILES string of the molecule is Cn1cc(-c2cnc3c(Nc4cccc(OC5CCNC5)c4)nccn23)cn1. The van der Waals surface area contributed by atoms with Crippen LogP contribution in [0.25, 0.3) is 16.9 Å². The molecule has 8 nitrogen and oxygen atoms in total. The molecule has 1 unspecified atom stereocenters. The van der Waals surface area contributed by atoms with Crippen LogP contribution in [0.2, 0.25) is 0 Å². The first kappa shape index (κ1) is 16.8. The number of fused-ring (bicyclic) bond motifs is 1. The Kier molecular flexibility index (Phi) is 4.17. The van der Waals surface area contributed by atoms with E-state index in [-0.39, 0.29) is 6.10 Å². The number of nitrogens with zero attached hydrogens (tertiary/aromatic N) is 5. The highest BCUT2D eigenvalue weighted by Gasteiger charge is 2.16. The van der Waals surface area contributed by atoms with Crippen molar-refractivity contribution in [2.75, 3.05) is 18.4 Å². The summed E-state index contributed by atoms with van der Waals surface area (Å²) in [6, 6.07) is 7.95. The molecule has 0 bridgehead atoms. The third-order valence-corrected chi connectivity index (χ3v) is 4.84. The van der Waals surface area contributed by atoms with Gasteiger partial charge in [0.15, 0.2) is 11.5 Å². The average molecular weight is 375 g/mol. The largest absolute Gasteiger partial charge is 0.489 e. The van der Waals surface area contributed by atoms with E-state index in [1.54, 1.807) is 10.9 Å². The van der Waals surface area contributed by atoms with E-state index < -0.39 is 0 Å². The lowest BCUT2D eigenvalue weighted by Crippen LogP contribution is -2.19. The van der Waals surface area contributed by atoms with Crippen molar-refractivity contribution in [3.05, 3.63) is 55.2 Å². The van der Waals surface area contributed by atoms with Gasteiger partial charge in [-0.3, -0.25) is 9.08 Å². The molecular weight excluding hydrogens is 354 g/mol. The second kappa shape index (κ2) is 6.97. The van der Waals surface area contributed by atoms with Gasteiger partial charge in [0.25, 0.3) is 0 Å². The van der Waals surface area contributed by atoms with Crippen molar-refractivity contribution >= 4 is 17.2 Å². The summed E-state index contributed by atoms with van der Waals surface area (Å²) in [5, 5.41) is 10.9. The number of imidazole rings is 1. The molecule has 8 heteroatoms. The van der Waals surface area contributed by atoms with Gasteiger partial charge >= 0.3 is 0 Å². The minimum atomic E-state index is 0.228. The molecule has 1 aromatic carbocycles. The Hall–Kier alpha value is -3.39. The number of aromatic nitrogens is 5. The lowest BCUT2D eigenvalue weighted by molar-refractivity contribution is 0.223. The van der Waals surface area contributed by atoms with Crippen LogP contribution in [-0.2, 0) is 7.05 Å². The van der Waals surface area contributed by atoms with Gasteiger partial charge < -0.3 is 15.4 Å². The first-order valence-corrected chi connectivity index (χ1v) is 9.32. The van der Waals surface area contributed by atoms with Crippen LogP contribution in [0, 0.1) is 0 Å². The average Bonchev–Trinajstić information content (AvgIpc) is 3.43. The Labute approximate surface area is 162 Å². The van der Waals surface area contributed by atoms with Gasteiger partial charge in [-0.1, -0.05) is 6.07 Å². The smallest absolute Gasteiger partial charge is 0.180 e. The van der Waals surface area contributed by atoms with E-state index in [2.05, 4.69) is 25.7 Å². The maximum Gasteiger partial charge on any atom is 0.180 e. The number of hydrogen-bond donors (Lipinski definition) is 2. The predicted molar refractivity (Wildman–Crippen MR) is 107 cm³/mol. The quantitative estimate of drug-likeness (QED) is 0.558. The minimum Gasteiger partial charge on any atom is -0.489 e. The Morgan fingerprint density at radius 3 is 3.04 bits per heavy atom. The fourth-order valence-electron chi connectivity index (χ4n) is 3.48. The third kappa shape index (κ3) is 3.18.